The molecule has 0 aliphatic rings. The average Bonchev–Trinajstić information content (AvgIpc) is 2.39. The van der Waals surface area contributed by atoms with Gasteiger partial charge in [-0.15, -0.1) is 0 Å². The van der Waals surface area contributed by atoms with E-state index in [1.54, 1.807) is 0 Å². The zero-order valence-electron chi connectivity index (χ0n) is 12.0. The summed E-state index contributed by atoms with van der Waals surface area (Å²) in [6.07, 6.45) is 2.80. The maximum absolute atomic E-state index is 5.94. The highest BCUT2D eigenvalue weighted by Gasteiger charge is 2.14. The predicted octanol–water partition coefficient (Wildman–Crippen LogP) is 3.29. The molecule has 1 heterocycles. The van der Waals surface area contributed by atoms with Crippen molar-refractivity contribution in [3.63, 3.8) is 0 Å². The van der Waals surface area contributed by atoms with E-state index in [1.165, 1.54) is 22.3 Å². The summed E-state index contributed by atoms with van der Waals surface area (Å²) in [5.74, 6) is 0.293. The summed E-state index contributed by atoms with van der Waals surface area (Å²) < 4.78 is 0. The second-order valence-corrected chi connectivity index (χ2v) is 5.27. The predicted molar refractivity (Wildman–Crippen MR) is 80.4 cm³/mol. The van der Waals surface area contributed by atoms with Crippen molar-refractivity contribution in [2.75, 3.05) is 6.54 Å². The second-order valence-electron chi connectivity index (χ2n) is 5.27. The van der Waals surface area contributed by atoms with Gasteiger partial charge in [-0.1, -0.05) is 23.8 Å². The van der Waals surface area contributed by atoms with Gasteiger partial charge in [-0.25, -0.2) is 0 Å². The van der Waals surface area contributed by atoms with Crippen LogP contribution in [-0.2, 0) is 6.42 Å². The van der Waals surface area contributed by atoms with E-state index in [-0.39, 0.29) is 0 Å². The Morgan fingerprint density at radius 2 is 1.79 bits per heavy atom. The molecule has 0 radical (unpaired) electrons. The third-order valence-electron chi connectivity index (χ3n) is 3.68. The Balaban J connectivity index is 2.29. The summed E-state index contributed by atoms with van der Waals surface area (Å²) in [4.78, 5) is 4.44. The number of hydrogen-bond donors (Lipinski definition) is 1. The van der Waals surface area contributed by atoms with Gasteiger partial charge in [0.2, 0.25) is 0 Å². The molecule has 0 amide bonds. The van der Waals surface area contributed by atoms with Crippen LogP contribution in [0, 0.1) is 20.8 Å². The lowest BCUT2D eigenvalue weighted by atomic mass is 9.89. The third-order valence-corrected chi connectivity index (χ3v) is 3.68. The Hall–Kier alpha value is -1.67. The molecule has 1 aromatic carbocycles. The molecule has 2 heteroatoms. The Kier molecular flexibility index (Phi) is 4.33. The van der Waals surface area contributed by atoms with E-state index >= 15 is 0 Å². The van der Waals surface area contributed by atoms with Crippen molar-refractivity contribution in [1.82, 2.24) is 4.98 Å². The molecule has 1 aromatic heterocycles. The first kappa shape index (κ1) is 13.8. The highest BCUT2D eigenvalue weighted by molar-refractivity contribution is 5.38. The van der Waals surface area contributed by atoms with E-state index in [4.69, 9.17) is 5.73 Å². The average molecular weight is 254 g/mol. The van der Waals surface area contributed by atoms with E-state index < -0.39 is 0 Å². The Morgan fingerprint density at radius 1 is 1.11 bits per heavy atom. The fourth-order valence-corrected chi connectivity index (χ4v) is 2.70. The fraction of sp³-hybridized carbons (Fsp3) is 0.353. The number of benzene rings is 1. The monoisotopic (exact) mass is 254 g/mol. The lowest BCUT2D eigenvalue weighted by molar-refractivity contribution is 0.668. The Morgan fingerprint density at radius 3 is 2.32 bits per heavy atom. The van der Waals surface area contributed by atoms with E-state index in [0.717, 1.165) is 12.1 Å². The molecule has 0 aliphatic carbocycles. The van der Waals surface area contributed by atoms with Crippen LogP contribution in [0.2, 0.25) is 0 Å². The van der Waals surface area contributed by atoms with Crippen LogP contribution in [0.15, 0.2) is 36.5 Å². The molecule has 100 valence electrons. The first-order valence-electron chi connectivity index (χ1n) is 6.79. The van der Waals surface area contributed by atoms with Gasteiger partial charge in [-0.2, -0.15) is 0 Å². The van der Waals surface area contributed by atoms with Gasteiger partial charge >= 0.3 is 0 Å². The lowest BCUT2D eigenvalue weighted by Gasteiger charge is -2.18. The molecule has 2 rings (SSSR count). The van der Waals surface area contributed by atoms with Crippen LogP contribution in [0.3, 0.4) is 0 Å². The van der Waals surface area contributed by atoms with Crippen molar-refractivity contribution >= 4 is 0 Å². The number of nitrogens with two attached hydrogens (primary N) is 1. The molecule has 0 saturated heterocycles. The van der Waals surface area contributed by atoms with Crippen LogP contribution in [0.25, 0.3) is 0 Å². The first-order chi connectivity index (χ1) is 9.11. The smallest absolute Gasteiger partial charge is 0.0450 e. The van der Waals surface area contributed by atoms with Gasteiger partial charge in [0, 0.05) is 24.4 Å². The number of pyridine rings is 1. The molecule has 0 aliphatic heterocycles. The van der Waals surface area contributed by atoms with Gasteiger partial charge in [0.1, 0.15) is 0 Å². The molecular formula is C17H22N2. The minimum atomic E-state index is 0.293. The summed E-state index contributed by atoms with van der Waals surface area (Å²) in [7, 11) is 0. The summed E-state index contributed by atoms with van der Waals surface area (Å²) in [5.41, 5.74) is 12.5. The topological polar surface area (TPSA) is 38.9 Å². The van der Waals surface area contributed by atoms with Crippen LogP contribution in [0.5, 0.6) is 0 Å². The molecule has 0 bridgehead atoms. The normalized spacial score (nSPS) is 12.4. The van der Waals surface area contributed by atoms with Crippen molar-refractivity contribution in [2.45, 2.75) is 33.1 Å². The lowest BCUT2D eigenvalue weighted by Crippen LogP contribution is -2.17. The summed E-state index contributed by atoms with van der Waals surface area (Å²) in [6.45, 7) is 7.13. The van der Waals surface area contributed by atoms with Crippen LogP contribution in [0.1, 0.15) is 33.9 Å². The van der Waals surface area contributed by atoms with Crippen molar-refractivity contribution in [1.29, 1.82) is 0 Å². The van der Waals surface area contributed by atoms with Crippen molar-refractivity contribution in [2.24, 2.45) is 5.73 Å². The van der Waals surface area contributed by atoms with Gasteiger partial charge in [-0.3, -0.25) is 4.98 Å². The zero-order chi connectivity index (χ0) is 13.8. The maximum Gasteiger partial charge on any atom is 0.0450 e. The molecule has 0 saturated carbocycles. The maximum atomic E-state index is 5.94. The van der Waals surface area contributed by atoms with Gasteiger partial charge in [0.15, 0.2) is 0 Å². The minimum absolute atomic E-state index is 0.293. The van der Waals surface area contributed by atoms with Gasteiger partial charge in [-0.05, 0) is 56.0 Å². The van der Waals surface area contributed by atoms with Gasteiger partial charge < -0.3 is 5.73 Å². The van der Waals surface area contributed by atoms with Crippen molar-refractivity contribution in [3.8, 4) is 0 Å². The number of rotatable bonds is 4. The van der Waals surface area contributed by atoms with E-state index in [9.17, 15) is 0 Å². The SMILES string of the molecule is Cc1cc(C)c(CC(CN)c2ccccn2)c(C)c1. The molecular weight excluding hydrogens is 232 g/mol. The number of aromatic nitrogens is 1. The molecule has 1 atom stereocenters. The molecule has 1 unspecified atom stereocenters. The van der Waals surface area contributed by atoms with Gasteiger partial charge in [0.25, 0.3) is 0 Å². The Bertz CT molecular complexity index is 523. The second kappa shape index (κ2) is 5.98. The highest BCUT2D eigenvalue weighted by atomic mass is 14.7. The molecule has 2 nitrogen and oxygen atoms in total. The van der Waals surface area contributed by atoms with Crippen molar-refractivity contribution in [3.05, 3.63) is 64.5 Å². The Labute approximate surface area is 115 Å². The molecule has 0 fully saturated rings. The van der Waals surface area contributed by atoms with Crippen LogP contribution in [-0.4, -0.2) is 11.5 Å². The van der Waals surface area contributed by atoms with E-state index in [0.29, 0.717) is 12.5 Å². The standard InChI is InChI=1S/C17H22N2/c1-12-8-13(2)16(14(3)9-12)10-15(11-18)17-6-4-5-7-19-17/h4-9,15H,10-11,18H2,1-3H3. The molecule has 19 heavy (non-hydrogen) atoms. The first-order valence-corrected chi connectivity index (χ1v) is 6.79. The van der Waals surface area contributed by atoms with E-state index in [2.05, 4.69) is 44.0 Å². The van der Waals surface area contributed by atoms with Crippen LogP contribution < -0.4 is 5.73 Å². The molecule has 2 aromatic rings. The number of nitrogens with zero attached hydrogens (tertiary/aromatic N) is 1. The largest absolute Gasteiger partial charge is 0.330 e. The zero-order valence-corrected chi connectivity index (χ0v) is 12.0. The molecule has 0 spiro atoms. The summed E-state index contributed by atoms with van der Waals surface area (Å²) in [6, 6.07) is 10.5. The number of hydrogen-bond acceptors (Lipinski definition) is 2. The van der Waals surface area contributed by atoms with Crippen molar-refractivity contribution < 1.29 is 0 Å². The van der Waals surface area contributed by atoms with Gasteiger partial charge in [0.05, 0.1) is 0 Å². The van der Waals surface area contributed by atoms with Crippen LogP contribution >= 0.6 is 0 Å². The third kappa shape index (κ3) is 3.21. The number of aryl methyl sites for hydroxylation is 3. The van der Waals surface area contributed by atoms with E-state index in [1.807, 2.05) is 18.3 Å². The summed E-state index contributed by atoms with van der Waals surface area (Å²) in [5, 5.41) is 0. The summed E-state index contributed by atoms with van der Waals surface area (Å²) >= 11 is 0. The quantitative estimate of drug-likeness (QED) is 0.909. The molecule has 2 N–H and O–H groups in total. The minimum Gasteiger partial charge on any atom is -0.330 e. The van der Waals surface area contributed by atoms with Crippen LogP contribution in [0.4, 0.5) is 0 Å². The fourth-order valence-electron chi connectivity index (χ4n) is 2.70. The highest BCUT2D eigenvalue weighted by Crippen LogP contribution is 2.24.